The molecule has 0 amide bonds. The molecular formula is C25H26ClN5O. The summed E-state index contributed by atoms with van der Waals surface area (Å²) in [5.41, 5.74) is 2.70. The van der Waals surface area contributed by atoms with E-state index in [9.17, 15) is 4.79 Å². The molecule has 1 N–H and O–H groups in total. The molecule has 7 heteroatoms. The van der Waals surface area contributed by atoms with Crippen LogP contribution in [0.1, 0.15) is 55.8 Å². The van der Waals surface area contributed by atoms with Gasteiger partial charge in [0.1, 0.15) is 5.39 Å². The van der Waals surface area contributed by atoms with Crippen molar-refractivity contribution >= 4 is 28.6 Å². The normalized spacial score (nSPS) is 15.3. The lowest BCUT2D eigenvalue weighted by Crippen LogP contribution is -2.27. The Kier molecular flexibility index (Phi) is 5.70. The molecule has 32 heavy (non-hydrogen) atoms. The molecule has 1 aliphatic carbocycles. The van der Waals surface area contributed by atoms with Crippen LogP contribution in [-0.4, -0.2) is 19.3 Å². The summed E-state index contributed by atoms with van der Waals surface area (Å²) in [6, 6.07) is 17.9. The molecule has 0 bridgehead atoms. The monoisotopic (exact) mass is 447 g/mol. The van der Waals surface area contributed by atoms with Gasteiger partial charge in [0.05, 0.1) is 24.8 Å². The van der Waals surface area contributed by atoms with Crippen molar-refractivity contribution in [1.82, 2.24) is 19.3 Å². The van der Waals surface area contributed by atoms with Gasteiger partial charge in [-0.05, 0) is 43.0 Å². The summed E-state index contributed by atoms with van der Waals surface area (Å²) in [6.45, 7) is 2.49. The van der Waals surface area contributed by atoms with E-state index in [-0.39, 0.29) is 11.6 Å². The summed E-state index contributed by atoms with van der Waals surface area (Å²) in [7, 11) is 0. The van der Waals surface area contributed by atoms with E-state index in [1.165, 1.54) is 12.8 Å². The van der Waals surface area contributed by atoms with Crippen molar-refractivity contribution in [3.8, 4) is 0 Å². The minimum absolute atomic E-state index is 0.0542. The molecule has 1 saturated carbocycles. The van der Waals surface area contributed by atoms with Crippen molar-refractivity contribution in [3.05, 3.63) is 87.3 Å². The second kappa shape index (κ2) is 8.79. The first kappa shape index (κ1) is 20.8. The number of hydrogen-bond donors (Lipinski definition) is 1. The maximum Gasteiger partial charge on any atom is 0.266 e. The van der Waals surface area contributed by atoms with Crippen molar-refractivity contribution in [3.63, 3.8) is 0 Å². The third-order valence-corrected chi connectivity index (χ3v) is 6.53. The number of hydrogen-bond acceptors (Lipinski definition) is 4. The fraction of sp³-hybridized carbons (Fsp3) is 0.320. The van der Waals surface area contributed by atoms with Gasteiger partial charge in [0.15, 0.2) is 5.65 Å². The molecule has 1 fully saturated rings. The molecule has 2 aromatic carbocycles. The number of fused-ring (bicyclic) bond motifs is 1. The first-order valence-electron chi connectivity index (χ1n) is 11.1. The van der Waals surface area contributed by atoms with Gasteiger partial charge >= 0.3 is 0 Å². The number of aromatic nitrogens is 4. The van der Waals surface area contributed by atoms with Crippen LogP contribution in [0.4, 0.5) is 5.95 Å². The van der Waals surface area contributed by atoms with Gasteiger partial charge in [0.25, 0.3) is 5.56 Å². The predicted octanol–water partition coefficient (Wildman–Crippen LogP) is 5.58. The molecule has 2 aromatic heterocycles. The number of nitrogens with zero attached hydrogens (tertiary/aromatic N) is 4. The quantitative estimate of drug-likeness (QED) is 0.419. The lowest BCUT2D eigenvalue weighted by Gasteiger charge is -2.20. The van der Waals surface area contributed by atoms with Gasteiger partial charge in [-0.1, -0.05) is 66.9 Å². The zero-order valence-electron chi connectivity index (χ0n) is 18.0. The van der Waals surface area contributed by atoms with Crippen molar-refractivity contribution in [2.24, 2.45) is 0 Å². The molecule has 164 valence electrons. The van der Waals surface area contributed by atoms with Gasteiger partial charge in [0, 0.05) is 5.02 Å². The van der Waals surface area contributed by atoms with Crippen molar-refractivity contribution < 1.29 is 0 Å². The van der Waals surface area contributed by atoms with Crippen LogP contribution in [0, 0.1) is 0 Å². The second-order valence-electron chi connectivity index (χ2n) is 8.49. The van der Waals surface area contributed by atoms with E-state index < -0.39 is 0 Å². The topological polar surface area (TPSA) is 64.7 Å². The summed E-state index contributed by atoms with van der Waals surface area (Å²) in [5.74, 6) is 0.550. The first-order chi connectivity index (χ1) is 15.6. The van der Waals surface area contributed by atoms with Gasteiger partial charge in [0.2, 0.25) is 5.95 Å². The van der Waals surface area contributed by atoms with Crippen LogP contribution < -0.4 is 10.9 Å². The van der Waals surface area contributed by atoms with Crippen LogP contribution in [-0.2, 0) is 6.54 Å². The number of benzene rings is 2. The molecule has 0 saturated heterocycles. The molecule has 1 aliphatic rings. The summed E-state index contributed by atoms with van der Waals surface area (Å²) in [5, 5.41) is 9.31. The highest BCUT2D eigenvalue weighted by Crippen LogP contribution is 2.31. The Morgan fingerprint density at radius 3 is 2.53 bits per heavy atom. The number of rotatable bonds is 6. The molecule has 0 unspecified atom stereocenters. The predicted molar refractivity (Wildman–Crippen MR) is 128 cm³/mol. The van der Waals surface area contributed by atoms with Crippen LogP contribution in [0.2, 0.25) is 5.02 Å². The smallest absolute Gasteiger partial charge is 0.266 e. The van der Waals surface area contributed by atoms with Gasteiger partial charge in [-0.3, -0.25) is 9.36 Å². The number of anilines is 1. The minimum Gasteiger partial charge on any atom is -0.349 e. The Balaban J connectivity index is 1.59. The van der Waals surface area contributed by atoms with Gasteiger partial charge in [-0.15, -0.1) is 0 Å². The van der Waals surface area contributed by atoms with Crippen LogP contribution in [0.15, 0.2) is 65.6 Å². The summed E-state index contributed by atoms with van der Waals surface area (Å²) in [6.07, 6.45) is 6.22. The molecule has 4 aromatic rings. The van der Waals surface area contributed by atoms with Gasteiger partial charge in [-0.25, -0.2) is 4.68 Å². The molecule has 5 rings (SSSR count). The third-order valence-electron chi connectivity index (χ3n) is 6.28. The molecule has 0 spiro atoms. The Labute approximate surface area is 191 Å². The van der Waals surface area contributed by atoms with Crippen molar-refractivity contribution in [1.29, 1.82) is 0 Å². The molecule has 6 nitrogen and oxygen atoms in total. The zero-order valence-corrected chi connectivity index (χ0v) is 18.8. The van der Waals surface area contributed by atoms with Gasteiger partial charge < -0.3 is 5.32 Å². The molecule has 0 aliphatic heterocycles. The lowest BCUT2D eigenvalue weighted by molar-refractivity contribution is 0.478. The Morgan fingerprint density at radius 1 is 1.09 bits per heavy atom. The fourth-order valence-corrected chi connectivity index (χ4v) is 4.61. The zero-order chi connectivity index (χ0) is 22.1. The largest absolute Gasteiger partial charge is 0.349 e. The average Bonchev–Trinajstić information content (AvgIpc) is 3.47. The van der Waals surface area contributed by atoms with Crippen LogP contribution in [0.3, 0.4) is 0 Å². The molecular weight excluding hydrogens is 422 g/mol. The highest BCUT2D eigenvalue weighted by Gasteiger charge is 2.23. The molecule has 1 atom stereocenters. The van der Waals surface area contributed by atoms with E-state index in [2.05, 4.69) is 17.3 Å². The van der Waals surface area contributed by atoms with E-state index >= 15 is 0 Å². The molecule has 2 heterocycles. The van der Waals surface area contributed by atoms with Gasteiger partial charge in [-0.2, -0.15) is 10.1 Å². The molecule has 0 radical (unpaired) electrons. The minimum atomic E-state index is -0.0751. The highest BCUT2D eigenvalue weighted by molar-refractivity contribution is 6.30. The Morgan fingerprint density at radius 2 is 1.81 bits per heavy atom. The number of halogens is 1. The maximum absolute atomic E-state index is 13.6. The summed E-state index contributed by atoms with van der Waals surface area (Å²) < 4.78 is 3.67. The SMILES string of the molecule is C[C@@H](Nc1nc2c(cnn2C2CCCC2)c(=O)n1Cc1ccccc1)c1ccc(Cl)cc1. The Bertz CT molecular complexity index is 1270. The van der Waals surface area contributed by atoms with E-state index in [1.54, 1.807) is 10.8 Å². The summed E-state index contributed by atoms with van der Waals surface area (Å²) in [4.78, 5) is 18.5. The Hall–Kier alpha value is -3.12. The van der Waals surface area contributed by atoms with Crippen LogP contribution in [0.25, 0.3) is 11.0 Å². The standard InChI is InChI=1S/C25H26ClN5O/c1-17(19-11-13-20(26)14-12-19)28-25-29-23-22(15-27-31(23)21-9-5-6-10-21)24(32)30(25)16-18-7-3-2-4-8-18/h2-4,7-8,11-15,17,21H,5-6,9-10,16H2,1H3,(H,28,29)/t17-/m1/s1. The second-order valence-corrected chi connectivity index (χ2v) is 8.93. The van der Waals surface area contributed by atoms with Crippen LogP contribution >= 0.6 is 11.6 Å². The summed E-state index contributed by atoms with van der Waals surface area (Å²) >= 11 is 6.06. The van der Waals surface area contributed by atoms with Crippen molar-refractivity contribution in [2.75, 3.05) is 5.32 Å². The highest BCUT2D eigenvalue weighted by atomic mass is 35.5. The lowest BCUT2D eigenvalue weighted by atomic mass is 10.1. The van der Waals surface area contributed by atoms with E-state index in [4.69, 9.17) is 16.6 Å². The van der Waals surface area contributed by atoms with Crippen molar-refractivity contribution in [2.45, 2.75) is 51.2 Å². The third kappa shape index (κ3) is 4.02. The first-order valence-corrected chi connectivity index (χ1v) is 11.5. The maximum atomic E-state index is 13.6. The average molecular weight is 448 g/mol. The van der Waals surface area contributed by atoms with Crippen LogP contribution in [0.5, 0.6) is 0 Å². The fourth-order valence-electron chi connectivity index (χ4n) is 4.49. The van der Waals surface area contributed by atoms with E-state index in [0.29, 0.717) is 34.6 Å². The number of nitrogens with one attached hydrogen (secondary N) is 1. The van der Waals surface area contributed by atoms with E-state index in [1.807, 2.05) is 59.3 Å². The van der Waals surface area contributed by atoms with E-state index in [0.717, 1.165) is 24.0 Å².